The summed E-state index contributed by atoms with van der Waals surface area (Å²) in [5, 5.41) is 7.93. The first-order valence-electron chi connectivity index (χ1n) is 16.1. The van der Waals surface area contributed by atoms with E-state index in [1.807, 2.05) is 0 Å². The van der Waals surface area contributed by atoms with E-state index in [1.165, 1.54) is 29.5 Å². The van der Waals surface area contributed by atoms with Crippen LogP contribution in [0.3, 0.4) is 0 Å². The zero-order valence-electron chi connectivity index (χ0n) is 26.0. The summed E-state index contributed by atoms with van der Waals surface area (Å²) < 4.78 is 53.5. The van der Waals surface area contributed by atoms with Crippen LogP contribution in [-0.2, 0) is 0 Å². The molecule has 1 spiro atoms. The van der Waals surface area contributed by atoms with Gasteiger partial charge in [-0.05, 0) is 50.4 Å². The molecule has 0 bridgehead atoms. The second kappa shape index (κ2) is 11.1. The fourth-order valence-corrected chi connectivity index (χ4v) is 9.39. The largest absolute Gasteiger partial charge is 0.461 e. The van der Waals surface area contributed by atoms with Crippen LogP contribution in [0.15, 0.2) is 30.9 Å². The maximum atomic E-state index is 16.8. The van der Waals surface area contributed by atoms with E-state index < -0.39 is 23.3 Å². The fourth-order valence-electron chi connectivity index (χ4n) is 8.33. The van der Waals surface area contributed by atoms with Crippen LogP contribution < -0.4 is 15.8 Å². The van der Waals surface area contributed by atoms with Crippen LogP contribution in [0, 0.1) is 17.0 Å². The molecule has 4 fully saturated rings. The third-order valence-electron chi connectivity index (χ3n) is 10.5. The van der Waals surface area contributed by atoms with Gasteiger partial charge in [0.1, 0.15) is 42.6 Å². The zero-order chi connectivity index (χ0) is 33.7. The van der Waals surface area contributed by atoms with Crippen LogP contribution in [0.5, 0.6) is 6.01 Å². The van der Waals surface area contributed by atoms with Crippen molar-refractivity contribution in [3.8, 4) is 17.1 Å². The molecule has 4 aliphatic rings. The maximum absolute atomic E-state index is 16.8. The van der Waals surface area contributed by atoms with Gasteiger partial charge in [0.25, 0.3) is 0 Å². The molecule has 49 heavy (non-hydrogen) atoms. The van der Waals surface area contributed by atoms with Crippen molar-refractivity contribution >= 4 is 61.0 Å². The molecule has 6 heterocycles. The minimum Gasteiger partial charge on any atom is -0.461 e. The summed E-state index contributed by atoms with van der Waals surface area (Å²) in [4.78, 5) is 33.8. The highest BCUT2D eigenvalue weighted by molar-refractivity contribution is 7.22. The summed E-state index contributed by atoms with van der Waals surface area (Å²) >= 11 is 7.75. The SMILES string of the molecule is Nc1nc2c(-c3c(Cl)cc4c(NC5CC6(C5)CN(C(=O)n5cncn5)C6)nc(OC[C@@]56CCCN5C[C@H](F)C6)nc4c3F)ccc(F)c2s1. The molecule has 9 rings (SSSR count). The van der Waals surface area contributed by atoms with Gasteiger partial charge in [-0.3, -0.25) is 4.90 Å². The Balaban J connectivity index is 1.05. The number of nitrogens with two attached hydrogens (primary N) is 1. The lowest BCUT2D eigenvalue weighted by atomic mass is 9.60. The van der Waals surface area contributed by atoms with Gasteiger partial charge in [0.05, 0.1) is 20.8 Å². The molecule has 254 valence electrons. The summed E-state index contributed by atoms with van der Waals surface area (Å²) in [6.07, 6.45) is 5.38. The number of fused-ring (bicyclic) bond motifs is 3. The molecule has 1 saturated carbocycles. The molecule has 2 aromatic carbocycles. The van der Waals surface area contributed by atoms with Gasteiger partial charge in [-0.15, -0.1) is 0 Å². The number of likely N-dealkylation sites (tertiary alicyclic amines) is 1. The van der Waals surface area contributed by atoms with Crippen LogP contribution in [0.2, 0.25) is 5.02 Å². The molecule has 1 aliphatic carbocycles. The maximum Gasteiger partial charge on any atom is 0.346 e. The Hall–Kier alpha value is -4.28. The number of ether oxygens (including phenoxy) is 1. The summed E-state index contributed by atoms with van der Waals surface area (Å²) in [6.45, 7) is 2.51. The molecular weight excluding hydrogens is 681 g/mol. The average molecular weight is 711 g/mol. The van der Waals surface area contributed by atoms with Gasteiger partial charge >= 0.3 is 12.0 Å². The number of nitrogen functional groups attached to an aromatic ring is 1. The normalized spacial score (nSPS) is 23.3. The Kier molecular flexibility index (Phi) is 6.98. The quantitative estimate of drug-likeness (QED) is 0.232. The third kappa shape index (κ3) is 4.97. The standard InChI is InChI=1S/C32H30ClF3N10O2S/c33-20-6-19-24(23(36)22(20)18-2-3-21(35)26-25(18)41-28(37)49-26)42-29(48-13-32-4-1-5-45(32)10-16(34)7-32)43-27(19)40-17-8-31(9-17)11-44(12-31)30(47)46-15-38-14-39-46/h2-3,6,14-17H,1,4-5,7-13H2,(H2,37,41)(H,40,42,43)/t16-,32+/m1/s1. The van der Waals surface area contributed by atoms with Crippen molar-refractivity contribution in [1.29, 1.82) is 0 Å². The molecule has 3 aromatic heterocycles. The van der Waals surface area contributed by atoms with Crippen molar-refractivity contribution in [2.75, 3.05) is 43.8 Å². The van der Waals surface area contributed by atoms with Gasteiger partial charge in [-0.25, -0.2) is 27.9 Å². The molecule has 1 amide bonds. The van der Waals surface area contributed by atoms with Crippen LogP contribution in [0.1, 0.15) is 32.1 Å². The minimum atomic E-state index is -0.937. The number of alkyl halides is 1. The van der Waals surface area contributed by atoms with Gasteiger partial charge in [0.15, 0.2) is 10.9 Å². The summed E-state index contributed by atoms with van der Waals surface area (Å²) in [7, 11) is 0. The van der Waals surface area contributed by atoms with E-state index in [2.05, 4.69) is 35.3 Å². The van der Waals surface area contributed by atoms with Gasteiger partial charge in [0, 0.05) is 54.0 Å². The first-order valence-corrected chi connectivity index (χ1v) is 17.3. The molecule has 3 aliphatic heterocycles. The van der Waals surface area contributed by atoms with E-state index in [-0.39, 0.29) is 67.1 Å². The number of nitrogens with zero attached hydrogens (tertiary/aromatic N) is 8. The number of amides is 1. The lowest BCUT2D eigenvalue weighted by Crippen LogP contribution is -2.66. The molecule has 0 unspecified atom stereocenters. The average Bonchev–Trinajstić information content (AvgIpc) is 3.82. The zero-order valence-corrected chi connectivity index (χ0v) is 27.6. The first kappa shape index (κ1) is 30.8. The number of benzene rings is 2. The molecule has 17 heteroatoms. The Morgan fingerprint density at radius 2 is 2.00 bits per heavy atom. The number of carbonyl (C=O) groups excluding carboxylic acids is 1. The minimum absolute atomic E-state index is 0.00546. The number of halogens is 4. The van der Waals surface area contributed by atoms with E-state index >= 15 is 4.39 Å². The van der Waals surface area contributed by atoms with Crippen LogP contribution in [-0.4, -0.2) is 96.1 Å². The predicted octanol–water partition coefficient (Wildman–Crippen LogP) is 5.51. The summed E-state index contributed by atoms with van der Waals surface area (Å²) in [5.41, 5.74) is 5.85. The highest BCUT2D eigenvalue weighted by Gasteiger charge is 2.54. The van der Waals surface area contributed by atoms with E-state index in [4.69, 9.17) is 22.1 Å². The number of hydrogen-bond donors (Lipinski definition) is 2. The Labute approximate surface area is 286 Å². The number of nitrogens with one attached hydrogen (secondary N) is 1. The topological polar surface area (TPSA) is 140 Å². The van der Waals surface area contributed by atoms with Gasteiger partial charge in [-0.1, -0.05) is 22.9 Å². The van der Waals surface area contributed by atoms with Crippen LogP contribution in [0.25, 0.3) is 32.2 Å². The summed E-state index contributed by atoms with van der Waals surface area (Å²) in [6, 6.07) is 3.97. The molecule has 3 saturated heterocycles. The predicted molar refractivity (Wildman–Crippen MR) is 178 cm³/mol. The van der Waals surface area contributed by atoms with Crippen molar-refractivity contribution in [3.63, 3.8) is 0 Å². The number of carbonyl (C=O) groups is 1. The smallest absolute Gasteiger partial charge is 0.346 e. The molecule has 3 N–H and O–H groups in total. The number of thiazole rings is 1. The van der Waals surface area contributed by atoms with Gasteiger partial charge < -0.3 is 20.7 Å². The van der Waals surface area contributed by atoms with Crippen LogP contribution in [0.4, 0.5) is 28.9 Å². The molecule has 0 radical (unpaired) electrons. The lowest BCUT2D eigenvalue weighted by molar-refractivity contribution is -0.0405. The van der Waals surface area contributed by atoms with Gasteiger partial charge in [-0.2, -0.15) is 19.7 Å². The summed E-state index contributed by atoms with van der Waals surface area (Å²) in [5.74, 6) is -0.915. The first-order chi connectivity index (χ1) is 23.6. The van der Waals surface area contributed by atoms with Crippen molar-refractivity contribution in [1.82, 2.24) is 39.5 Å². The Bertz CT molecular complexity index is 2140. The second-order valence-electron chi connectivity index (χ2n) is 13.7. The lowest BCUT2D eigenvalue weighted by Gasteiger charge is -2.58. The molecule has 12 nitrogen and oxygen atoms in total. The van der Waals surface area contributed by atoms with Crippen molar-refractivity contribution in [2.24, 2.45) is 5.41 Å². The van der Waals surface area contributed by atoms with E-state index in [0.29, 0.717) is 37.3 Å². The molecule has 5 aromatic rings. The van der Waals surface area contributed by atoms with Crippen molar-refractivity contribution < 1.29 is 22.7 Å². The van der Waals surface area contributed by atoms with Crippen LogP contribution >= 0.6 is 22.9 Å². The third-order valence-corrected chi connectivity index (χ3v) is 11.7. The van der Waals surface area contributed by atoms with E-state index in [9.17, 15) is 13.6 Å². The monoisotopic (exact) mass is 710 g/mol. The van der Waals surface area contributed by atoms with Crippen molar-refractivity contribution in [2.45, 2.75) is 49.9 Å². The van der Waals surface area contributed by atoms with Crippen molar-refractivity contribution in [3.05, 3.63) is 47.5 Å². The Morgan fingerprint density at radius 3 is 2.80 bits per heavy atom. The van der Waals surface area contributed by atoms with E-state index in [1.54, 1.807) is 11.0 Å². The highest BCUT2D eigenvalue weighted by atomic mass is 35.5. The molecule has 2 atom stereocenters. The number of hydrogen-bond acceptors (Lipinski definition) is 11. The number of rotatable bonds is 6. The second-order valence-corrected chi connectivity index (χ2v) is 15.2. The Morgan fingerprint density at radius 1 is 1.16 bits per heavy atom. The fraction of sp³-hybridized carbons (Fsp3) is 0.438. The molecular formula is C32H30ClF3N10O2S. The highest BCUT2D eigenvalue weighted by Crippen LogP contribution is 2.50. The van der Waals surface area contributed by atoms with Gasteiger partial charge in [0.2, 0.25) is 0 Å². The van der Waals surface area contributed by atoms with E-state index in [0.717, 1.165) is 43.6 Å². The number of aromatic nitrogens is 6. The number of anilines is 2.